The van der Waals surface area contributed by atoms with Crippen LogP contribution in [-0.2, 0) is 0 Å². The molecular weight excluding hydrogens is 296 g/mol. The molecule has 0 aliphatic heterocycles. The van der Waals surface area contributed by atoms with Gasteiger partial charge in [-0.1, -0.05) is 0 Å². The van der Waals surface area contributed by atoms with Gasteiger partial charge in [-0.2, -0.15) is 0 Å². The maximum atomic E-state index is 12.1. The summed E-state index contributed by atoms with van der Waals surface area (Å²) in [6.07, 6.45) is 4.58. The molecule has 3 N–H and O–H groups in total. The topological polar surface area (TPSA) is 113 Å². The van der Waals surface area contributed by atoms with E-state index in [2.05, 4.69) is 30.6 Å². The summed E-state index contributed by atoms with van der Waals surface area (Å²) in [6, 6.07) is 10.0. The molecular formula is C15H12N6O2. The maximum absolute atomic E-state index is 12.1. The van der Waals surface area contributed by atoms with Gasteiger partial charge in [0.05, 0.1) is 0 Å². The molecule has 8 nitrogen and oxygen atoms in total. The number of H-pyrrole nitrogens is 1. The predicted octanol–water partition coefficient (Wildman–Crippen LogP) is 1.56. The Balaban J connectivity index is 1.69. The minimum Gasteiger partial charge on any atom is -0.324 e. The molecule has 8 heteroatoms. The third kappa shape index (κ3) is 3.76. The first kappa shape index (κ1) is 14.4. The first-order valence-corrected chi connectivity index (χ1v) is 6.71. The summed E-state index contributed by atoms with van der Waals surface area (Å²) >= 11 is 0. The van der Waals surface area contributed by atoms with Crippen LogP contribution in [0.15, 0.2) is 59.8 Å². The van der Waals surface area contributed by atoms with E-state index in [1.165, 1.54) is 12.3 Å². The fraction of sp³-hybridized carbons (Fsp3) is 0. The number of nitrogens with zero attached hydrogens (tertiary/aromatic N) is 3. The van der Waals surface area contributed by atoms with E-state index >= 15 is 0 Å². The Morgan fingerprint density at radius 2 is 1.70 bits per heavy atom. The van der Waals surface area contributed by atoms with Gasteiger partial charge in [0.15, 0.2) is 0 Å². The molecule has 0 unspecified atom stereocenters. The Morgan fingerprint density at radius 3 is 2.39 bits per heavy atom. The van der Waals surface area contributed by atoms with Crippen molar-refractivity contribution >= 4 is 23.4 Å². The van der Waals surface area contributed by atoms with Gasteiger partial charge in [0.1, 0.15) is 5.82 Å². The molecule has 0 spiro atoms. The molecule has 1 aromatic carbocycles. The molecule has 114 valence electrons. The summed E-state index contributed by atoms with van der Waals surface area (Å²) in [5.74, 6) is 0.420. The number of rotatable bonds is 4. The second kappa shape index (κ2) is 6.48. The van der Waals surface area contributed by atoms with E-state index < -0.39 is 5.69 Å². The average molecular weight is 308 g/mol. The highest BCUT2D eigenvalue weighted by atomic mass is 16.2. The zero-order valence-corrected chi connectivity index (χ0v) is 11.9. The minimum atomic E-state index is -0.523. The van der Waals surface area contributed by atoms with Crippen LogP contribution >= 0.6 is 0 Å². The fourth-order valence-electron chi connectivity index (χ4n) is 1.83. The lowest BCUT2D eigenvalue weighted by molar-refractivity contribution is 0.102. The van der Waals surface area contributed by atoms with Gasteiger partial charge in [0.2, 0.25) is 5.95 Å². The smallest absolute Gasteiger partial charge is 0.324 e. The Bertz CT molecular complexity index is 861. The van der Waals surface area contributed by atoms with Crippen LogP contribution in [0.5, 0.6) is 0 Å². The number of nitrogens with one attached hydrogen (secondary N) is 3. The summed E-state index contributed by atoms with van der Waals surface area (Å²) < 4.78 is 0. The summed E-state index contributed by atoms with van der Waals surface area (Å²) in [5.41, 5.74) is 0.678. The largest absolute Gasteiger partial charge is 0.346 e. The molecule has 0 aliphatic rings. The molecule has 0 radical (unpaired) electrons. The number of anilines is 3. The second-order valence-electron chi connectivity index (χ2n) is 4.52. The highest BCUT2D eigenvalue weighted by Gasteiger charge is 2.07. The fourth-order valence-corrected chi connectivity index (χ4v) is 1.83. The lowest BCUT2D eigenvalue weighted by Gasteiger charge is -2.07. The Labute approximate surface area is 130 Å². The standard InChI is InChI=1S/C15H12N6O2/c22-13(20-12-6-9-18-15(23)21-12)10-2-4-11(5-3-10)19-14-16-7-1-8-17-14/h1-9H,(H,16,17,19)(H2,18,20,21,22,23). The van der Waals surface area contributed by atoms with Gasteiger partial charge < -0.3 is 10.6 Å². The zero-order chi connectivity index (χ0) is 16.1. The van der Waals surface area contributed by atoms with Crippen molar-refractivity contribution in [1.29, 1.82) is 0 Å². The quantitative estimate of drug-likeness (QED) is 0.674. The molecule has 0 saturated heterocycles. The van der Waals surface area contributed by atoms with E-state index in [1.807, 2.05) is 0 Å². The van der Waals surface area contributed by atoms with E-state index in [4.69, 9.17) is 0 Å². The third-order valence-corrected chi connectivity index (χ3v) is 2.89. The SMILES string of the molecule is O=C(Nc1ccnc(=O)[nH]1)c1ccc(Nc2ncccn2)cc1. The summed E-state index contributed by atoms with van der Waals surface area (Å²) in [5, 5.41) is 5.61. The number of hydrogen-bond acceptors (Lipinski definition) is 6. The van der Waals surface area contributed by atoms with Gasteiger partial charge in [-0.05, 0) is 36.4 Å². The van der Waals surface area contributed by atoms with Crippen molar-refractivity contribution in [2.45, 2.75) is 0 Å². The van der Waals surface area contributed by atoms with E-state index in [-0.39, 0.29) is 11.7 Å². The Hall–Kier alpha value is -3.55. The van der Waals surface area contributed by atoms with E-state index in [0.29, 0.717) is 11.5 Å². The molecule has 0 bridgehead atoms. The van der Waals surface area contributed by atoms with Gasteiger partial charge in [-0.15, -0.1) is 0 Å². The maximum Gasteiger partial charge on any atom is 0.346 e. The molecule has 2 aromatic heterocycles. The number of aromatic nitrogens is 4. The van der Waals surface area contributed by atoms with E-state index in [1.54, 1.807) is 42.7 Å². The third-order valence-electron chi connectivity index (χ3n) is 2.89. The molecule has 1 amide bonds. The van der Waals surface area contributed by atoms with Crippen molar-refractivity contribution in [1.82, 2.24) is 19.9 Å². The van der Waals surface area contributed by atoms with Crippen LogP contribution in [-0.4, -0.2) is 25.8 Å². The number of amides is 1. The highest BCUT2D eigenvalue weighted by Crippen LogP contribution is 2.14. The van der Waals surface area contributed by atoms with Crippen LogP contribution < -0.4 is 16.3 Å². The Morgan fingerprint density at radius 1 is 0.957 bits per heavy atom. The van der Waals surface area contributed by atoms with Crippen LogP contribution in [0.3, 0.4) is 0 Å². The summed E-state index contributed by atoms with van der Waals surface area (Å²) in [7, 11) is 0. The monoisotopic (exact) mass is 308 g/mol. The van der Waals surface area contributed by atoms with Crippen LogP contribution in [0, 0.1) is 0 Å². The number of hydrogen-bond donors (Lipinski definition) is 3. The lowest BCUT2D eigenvalue weighted by Crippen LogP contribution is -2.17. The molecule has 0 fully saturated rings. The molecule has 3 rings (SSSR count). The second-order valence-corrected chi connectivity index (χ2v) is 4.52. The van der Waals surface area contributed by atoms with E-state index in [9.17, 15) is 9.59 Å². The summed E-state index contributed by atoms with van der Waals surface area (Å²) in [4.78, 5) is 37.2. The number of aromatic amines is 1. The predicted molar refractivity (Wildman–Crippen MR) is 84.6 cm³/mol. The molecule has 0 atom stereocenters. The van der Waals surface area contributed by atoms with Crippen molar-refractivity contribution in [3.05, 3.63) is 71.0 Å². The van der Waals surface area contributed by atoms with Crippen molar-refractivity contribution in [2.75, 3.05) is 10.6 Å². The van der Waals surface area contributed by atoms with Crippen LogP contribution in [0.2, 0.25) is 0 Å². The van der Waals surface area contributed by atoms with Gasteiger partial charge in [-0.3, -0.25) is 9.78 Å². The van der Waals surface area contributed by atoms with Gasteiger partial charge in [0, 0.05) is 29.8 Å². The van der Waals surface area contributed by atoms with Crippen LogP contribution in [0.4, 0.5) is 17.5 Å². The highest BCUT2D eigenvalue weighted by molar-refractivity contribution is 6.03. The molecule has 0 aliphatic carbocycles. The van der Waals surface area contributed by atoms with Crippen molar-refractivity contribution in [3.63, 3.8) is 0 Å². The number of carbonyl (C=O) groups excluding carboxylic acids is 1. The van der Waals surface area contributed by atoms with Gasteiger partial charge in [-0.25, -0.2) is 19.7 Å². The molecule has 3 aromatic rings. The minimum absolute atomic E-state index is 0.287. The van der Waals surface area contributed by atoms with Crippen molar-refractivity contribution in [3.8, 4) is 0 Å². The van der Waals surface area contributed by atoms with Crippen molar-refractivity contribution < 1.29 is 4.79 Å². The first-order chi connectivity index (χ1) is 11.2. The molecule has 0 saturated carbocycles. The average Bonchev–Trinajstić information content (AvgIpc) is 2.56. The van der Waals surface area contributed by atoms with E-state index in [0.717, 1.165) is 5.69 Å². The number of benzene rings is 1. The first-order valence-electron chi connectivity index (χ1n) is 6.71. The molecule has 23 heavy (non-hydrogen) atoms. The number of carbonyl (C=O) groups is 1. The lowest BCUT2D eigenvalue weighted by atomic mass is 10.2. The molecule has 2 heterocycles. The van der Waals surface area contributed by atoms with Gasteiger partial charge >= 0.3 is 5.69 Å². The Kier molecular flexibility index (Phi) is 4.05. The van der Waals surface area contributed by atoms with Crippen molar-refractivity contribution in [2.24, 2.45) is 0 Å². The van der Waals surface area contributed by atoms with Gasteiger partial charge in [0.25, 0.3) is 5.91 Å². The normalized spacial score (nSPS) is 10.1. The van der Waals surface area contributed by atoms with Crippen LogP contribution in [0.1, 0.15) is 10.4 Å². The van der Waals surface area contributed by atoms with Crippen LogP contribution in [0.25, 0.3) is 0 Å². The summed E-state index contributed by atoms with van der Waals surface area (Å²) in [6.45, 7) is 0. The zero-order valence-electron chi connectivity index (χ0n) is 11.9.